The van der Waals surface area contributed by atoms with Crippen molar-refractivity contribution in [3.63, 3.8) is 0 Å². The van der Waals surface area contributed by atoms with Crippen LogP contribution in [0.25, 0.3) is 0 Å². The van der Waals surface area contributed by atoms with E-state index in [9.17, 15) is 20.2 Å². The van der Waals surface area contributed by atoms with Gasteiger partial charge in [0.15, 0.2) is 0 Å². The van der Waals surface area contributed by atoms with Crippen LogP contribution in [0.2, 0.25) is 0 Å². The summed E-state index contributed by atoms with van der Waals surface area (Å²) < 4.78 is 0. The number of hydrogen-bond acceptors (Lipinski definition) is 8. The van der Waals surface area contributed by atoms with Crippen LogP contribution >= 0.6 is 0 Å². The average Bonchev–Trinajstić information content (AvgIpc) is 2.98. The minimum Gasteiger partial charge on any atom is -0.258 e. The number of nitro benzene ring substituents is 2. The van der Waals surface area contributed by atoms with Gasteiger partial charge in [0, 0.05) is 24.3 Å². The van der Waals surface area contributed by atoms with Gasteiger partial charge in [-0.25, -0.2) is 0 Å². The molecule has 10 nitrogen and oxygen atoms in total. The molecule has 0 N–H and O–H groups in total. The first-order chi connectivity index (χ1) is 19.5. The van der Waals surface area contributed by atoms with Crippen molar-refractivity contribution < 1.29 is 9.85 Å². The fourth-order valence-electron chi connectivity index (χ4n) is 3.98. The highest BCUT2D eigenvalue weighted by Gasteiger charge is 2.04. The number of azo groups is 2. The van der Waals surface area contributed by atoms with Gasteiger partial charge in [0.05, 0.1) is 32.6 Å². The van der Waals surface area contributed by atoms with Gasteiger partial charge in [-0.15, -0.1) is 0 Å². The van der Waals surface area contributed by atoms with Crippen molar-refractivity contribution in [1.29, 1.82) is 0 Å². The Balaban J connectivity index is 1.12. The predicted octanol–water partition coefficient (Wildman–Crippen LogP) is 9.68. The van der Waals surface area contributed by atoms with E-state index in [1.807, 2.05) is 24.3 Å². The first-order valence-corrected chi connectivity index (χ1v) is 13.0. The molecule has 4 aromatic rings. The van der Waals surface area contributed by atoms with E-state index in [2.05, 4.69) is 44.7 Å². The zero-order valence-electron chi connectivity index (χ0n) is 21.8. The van der Waals surface area contributed by atoms with E-state index in [-0.39, 0.29) is 11.4 Å². The third-order valence-electron chi connectivity index (χ3n) is 6.24. The lowest BCUT2D eigenvalue weighted by Gasteiger charge is -2.04. The summed E-state index contributed by atoms with van der Waals surface area (Å²) in [6.45, 7) is 0. The standard InChI is InChI=1S/C30H28N6O4/c37-35(38)29-19-15-27(16-20-29)33-31-25-11-7-23(8-12-25)5-3-1-2-4-6-24-9-13-26(14-10-24)32-34-28-17-21-30(22-18-28)36(39)40/h7-22H,1-6H2. The highest BCUT2D eigenvalue weighted by Crippen LogP contribution is 2.23. The Kier molecular flexibility index (Phi) is 9.87. The number of aryl methyl sites for hydroxylation is 2. The molecule has 0 saturated carbocycles. The third-order valence-corrected chi connectivity index (χ3v) is 6.24. The molecule has 0 aliphatic rings. The topological polar surface area (TPSA) is 136 Å². The van der Waals surface area contributed by atoms with Gasteiger partial charge in [0.2, 0.25) is 0 Å². The Hall–Kier alpha value is -5.12. The Morgan fingerprint density at radius 1 is 0.425 bits per heavy atom. The molecule has 0 atom stereocenters. The van der Waals surface area contributed by atoms with E-state index in [0.29, 0.717) is 11.4 Å². The molecular formula is C30H28N6O4. The molecule has 202 valence electrons. The van der Waals surface area contributed by atoms with Gasteiger partial charge in [-0.2, -0.15) is 20.5 Å². The molecule has 0 aliphatic heterocycles. The number of hydrogen-bond donors (Lipinski definition) is 0. The number of non-ortho nitro benzene ring substituents is 2. The van der Waals surface area contributed by atoms with E-state index >= 15 is 0 Å². The molecule has 4 rings (SSSR count). The van der Waals surface area contributed by atoms with Crippen LogP contribution in [0.15, 0.2) is 118 Å². The molecule has 0 bridgehead atoms. The summed E-state index contributed by atoms with van der Waals surface area (Å²) in [5, 5.41) is 38.1. The minimum absolute atomic E-state index is 0.0282. The molecule has 0 spiro atoms. The van der Waals surface area contributed by atoms with Gasteiger partial charge in [0.1, 0.15) is 0 Å². The molecular weight excluding hydrogens is 508 g/mol. The molecule has 40 heavy (non-hydrogen) atoms. The second kappa shape index (κ2) is 14.1. The number of rotatable bonds is 13. The quantitative estimate of drug-likeness (QED) is 0.0726. The smallest absolute Gasteiger partial charge is 0.258 e. The molecule has 0 unspecified atom stereocenters. The lowest BCUT2D eigenvalue weighted by Crippen LogP contribution is -1.88. The number of unbranched alkanes of at least 4 members (excludes halogenated alkanes) is 3. The zero-order valence-corrected chi connectivity index (χ0v) is 21.8. The van der Waals surface area contributed by atoms with E-state index in [4.69, 9.17) is 0 Å². The second-order valence-corrected chi connectivity index (χ2v) is 9.19. The molecule has 0 heterocycles. The van der Waals surface area contributed by atoms with Crippen molar-refractivity contribution in [2.24, 2.45) is 20.5 Å². The molecule has 0 aliphatic carbocycles. The lowest BCUT2D eigenvalue weighted by atomic mass is 10.0. The van der Waals surface area contributed by atoms with Gasteiger partial charge in [0.25, 0.3) is 11.4 Å². The van der Waals surface area contributed by atoms with Crippen LogP contribution < -0.4 is 0 Å². The van der Waals surface area contributed by atoms with E-state index in [1.54, 1.807) is 24.3 Å². The molecule has 0 aromatic heterocycles. The van der Waals surface area contributed by atoms with Crippen LogP contribution in [-0.2, 0) is 12.8 Å². The summed E-state index contributed by atoms with van der Waals surface area (Å²) in [4.78, 5) is 20.6. The normalized spacial score (nSPS) is 11.3. The summed E-state index contributed by atoms with van der Waals surface area (Å²) in [6.07, 6.45) is 6.56. The maximum absolute atomic E-state index is 10.7. The average molecular weight is 537 g/mol. The first kappa shape index (κ1) is 27.9. The Morgan fingerprint density at radius 2 is 0.700 bits per heavy atom. The van der Waals surface area contributed by atoms with Crippen LogP contribution in [0.5, 0.6) is 0 Å². The molecule has 0 amide bonds. The lowest BCUT2D eigenvalue weighted by molar-refractivity contribution is -0.385. The summed E-state index contributed by atoms with van der Waals surface area (Å²) in [5.41, 5.74) is 5.18. The van der Waals surface area contributed by atoms with Crippen molar-refractivity contribution in [2.45, 2.75) is 38.5 Å². The fourth-order valence-corrected chi connectivity index (χ4v) is 3.98. The fraction of sp³-hybridized carbons (Fsp3) is 0.200. The molecule has 0 saturated heterocycles. The van der Waals surface area contributed by atoms with E-state index < -0.39 is 9.85 Å². The Morgan fingerprint density at radius 3 is 0.975 bits per heavy atom. The van der Waals surface area contributed by atoms with Crippen molar-refractivity contribution in [2.75, 3.05) is 0 Å². The summed E-state index contributed by atoms with van der Waals surface area (Å²) in [7, 11) is 0. The van der Waals surface area contributed by atoms with Crippen molar-refractivity contribution >= 4 is 34.1 Å². The van der Waals surface area contributed by atoms with Crippen molar-refractivity contribution in [3.05, 3.63) is 128 Å². The second-order valence-electron chi connectivity index (χ2n) is 9.19. The SMILES string of the molecule is O=[N+]([O-])c1ccc(N=Nc2ccc(CCCCCCc3ccc(N=Nc4ccc([N+](=O)[O-])cc4)cc3)cc2)cc1. The van der Waals surface area contributed by atoms with Gasteiger partial charge < -0.3 is 0 Å². The van der Waals surface area contributed by atoms with Crippen molar-refractivity contribution in [3.8, 4) is 0 Å². The highest BCUT2D eigenvalue weighted by atomic mass is 16.6. The molecule has 10 heteroatoms. The first-order valence-electron chi connectivity index (χ1n) is 13.0. The summed E-state index contributed by atoms with van der Waals surface area (Å²) >= 11 is 0. The zero-order chi connectivity index (χ0) is 28.2. The van der Waals surface area contributed by atoms with Crippen molar-refractivity contribution in [1.82, 2.24) is 0 Å². The Labute approximate surface area is 231 Å². The number of nitrogens with zero attached hydrogens (tertiary/aromatic N) is 6. The summed E-state index contributed by atoms with van der Waals surface area (Å²) in [6, 6.07) is 27.9. The molecule has 0 fully saturated rings. The van der Waals surface area contributed by atoms with Gasteiger partial charge in [-0.1, -0.05) is 37.1 Å². The van der Waals surface area contributed by atoms with E-state index in [1.165, 1.54) is 35.4 Å². The molecule has 4 aromatic carbocycles. The van der Waals surface area contributed by atoms with E-state index in [0.717, 1.165) is 49.9 Å². The Bertz CT molecular complexity index is 1350. The van der Waals surface area contributed by atoms with Gasteiger partial charge in [-0.3, -0.25) is 20.2 Å². The third kappa shape index (κ3) is 8.73. The van der Waals surface area contributed by atoms with Gasteiger partial charge in [-0.05, 0) is 85.3 Å². The maximum Gasteiger partial charge on any atom is 0.269 e. The highest BCUT2D eigenvalue weighted by molar-refractivity contribution is 5.46. The minimum atomic E-state index is -0.442. The predicted molar refractivity (Wildman–Crippen MR) is 153 cm³/mol. The van der Waals surface area contributed by atoms with Gasteiger partial charge >= 0.3 is 0 Å². The monoisotopic (exact) mass is 536 g/mol. The van der Waals surface area contributed by atoms with Crippen LogP contribution in [0.1, 0.15) is 36.8 Å². The van der Waals surface area contributed by atoms with Crippen LogP contribution in [0.3, 0.4) is 0 Å². The largest absolute Gasteiger partial charge is 0.269 e. The maximum atomic E-state index is 10.7. The van der Waals surface area contributed by atoms with Crippen LogP contribution in [-0.4, -0.2) is 9.85 Å². The van der Waals surface area contributed by atoms with Crippen LogP contribution in [0, 0.1) is 20.2 Å². The number of benzene rings is 4. The molecule has 0 radical (unpaired) electrons. The van der Waals surface area contributed by atoms with Crippen LogP contribution in [0.4, 0.5) is 34.1 Å². The summed E-state index contributed by atoms with van der Waals surface area (Å²) in [5.74, 6) is 0. The number of nitro groups is 2.